The number of likely N-dealkylation sites (tertiary alicyclic amines) is 1. The molecule has 5 rings (SSSR count). The monoisotopic (exact) mass is 573 g/mol. The quantitative estimate of drug-likeness (QED) is 0.402. The molecule has 1 aliphatic carbocycles. The summed E-state index contributed by atoms with van der Waals surface area (Å²) < 4.78 is 13.6. The second-order valence-electron chi connectivity index (χ2n) is 11.1. The van der Waals surface area contributed by atoms with Gasteiger partial charge in [0.25, 0.3) is 5.91 Å². The van der Waals surface area contributed by atoms with E-state index in [9.17, 15) is 19.2 Å². The van der Waals surface area contributed by atoms with Gasteiger partial charge < -0.3 is 16.0 Å². The fourth-order valence-corrected chi connectivity index (χ4v) is 6.65. The van der Waals surface area contributed by atoms with E-state index in [1.807, 2.05) is 30.3 Å². The van der Waals surface area contributed by atoms with Gasteiger partial charge in [0.2, 0.25) is 5.91 Å². The Morgan fingerprint density at radius 2 is 1.76 bits per heavy atom. The van der Waals surface area contributed by atoms with E-state index < -0.39 is 11.9 Å². The molecule has 1 saturated heterocycles. The third kappa shape index (κ3) is 7.39. The zero-order chi connectivity index (χ0) is 28.8. The number of rotatable bonds is 8. The van der Waals surface area contributed by atoms with Crippen LogP contribution >= 0.6 is 11.3 Å². The normalized spacial score (nSPS) is 22.7. The number of piperidine rings is 1. The van der Waals surface area contributed by atoms with Crippen LogP contribution in [0, 0.1) is 17.1 Å². The third-order valence-electron chi connectivity index (χ3n) is 8.27. The first-order valence-corrected chi connectivity index (χ1v) is 15.2. The van der Waals surface area contributed by atoms with Crippen molar-refractivity contribution >= 4 is 23.2 Å². The van der Waals surface area contributed by atoms with Gasteiger partial charge in [0.1, 0.15) is 11.9 Å². The SMILES string of the molecule is N#Cc1ccc(CN(Cc2cccs2)C2CCN(C(=O)c3ccc(F)cc3)[C@@H](C(=O)NC3CCC(N)CC3)C2)cc1. The van der Waals surface area contributed by atoms with Crippen molar-refractivity contribution in [1.29, 1.82) is 5.26 Å². The van der Waals surface area contributed by atoms with Crippen molar-refractivity contribution in [2.75, 3.05) is 6.54 Å². The van der Waals surface area contributed by atoms with Crippen molar-refractivity contribution in [1.82, 2.24) is 15.1 Å². The molecule has 214 valence electrons. The molecule has 1 unspecified atom stereocenters. The number of benzene rings is 2. The van der Waals surface area contributed by atoms with Gasteiger partial charge in [-0.05, 0) is 91.9 Å². The maximum atomic E-state index is 13.8. The summed E-state index contributed by atoms with van der Waals surface area (Å²) in [5, 5.41) is 14.5. The van der Waals surface area contributed by atoms with Gasteiger partial charge in [-0.1, -0.05) is 18.2 Å². The van der Waals surface area contributed by atoms with Crippen LogP contribution in [0.5, 0.6) is 0 Å². The van der Waals surface area contributed by atoms with E-state index in [4.69, 9.17) is 5.73 Å². The fraction of sp³-hybridized carbons (Fsp3) is 0.406. The first-order chi connectivity index (χ1) is 19.9. The minimum absolute atomic E-state index is 0.0475. The van der Waals surface area contributed by atoms with Crippen molar-refractivity contribution in [3.63, 3.8) is 0 Å². The average molecular weight is 574 g/mol. The van der Waals surface area contributed by atoms with E-state index in [-0.39, 0.29) is 29.9 Å². The van der Waals surface area contributed by atoms with E-state index in [0.717, 1.165) is 37.8 Å². The van der Waals surface area contributed by atoms with Gasteiger partial charge in [-0.3, -0.25) is 14.5 Å². The third-order valence-corrected chi connectivity index (χ3v) is 9.13. The lowest BCUT2D eigenvalue weighted by Gasteiger charge is -2.43. The Kier molecular flexibility index (Phi) is 9.45. The second-order valence-corrected chi connectivity index (χ2v) is 12.1. The molecule has 3 aromatic rings. The molecule has 0 spiro atoms. The lowest BCUT2D eigenvalue weighted by Crippen LogP contribution is -2.58. The van der Waals surface area contributed by atoms with Crippen molar-refractivity contribution in [3.05, 3.63) is 93.4 Å². The Hall–Kier alpha value is -3.58. The molecule has 0 radical (unpaired) electrons. The van der Waals surface area contributed by atoms with E-state index in [2.05, 4.69) is 27.7 Å². The second kappa shape index (κ2) is 13.4. The van der Waals surface area contributed by atoms with Crippen LogP contribution in [0.2, 0.25) is 0 Å². The van der Waals surface area contributed by atoms with Crippen LogP contribution in [0.4, 0.5) is 4.39 Å². The highest BCUT2D eigenvalue weighted by Gasteiger charge is 2.39. The van der Waals surface area contributed by atoms with Crippen molar-refractivity contribution in [3.8, 4) is 6.07 Å². The van der Waals surface area contributed by atoms with Crippen LogP contribution in [-0.4, -0.2) is 52.3 Å². The number of nitriles is 1. The van der Waals surface area contributed by atoms with Crippen LogP contribution in [0.25, 0.3) is 0 Å². The van der Waals surface area contributed by atoms with Crippen LogP contribution in [-0.2, 0) is 17.9 Å². The average Bonchev–Trinajstić information content (AvgIpc) is 3.51. The molecule has 2 amide bonds. The summed E-state index contributed by atoms with van der Waals surface area (Å²) in [5.41, 5.74) is 8.16. The maximum Gasteiger partial charge on any atom is 0.254 e. The van der Waals surface area contributed by atoms with Gasteiger partial charge in [0.05, 0.1) is 11.6 Å². The number of carbonyl (C=O) groups is 2. The minimum atomic E-state index is -0.645. The van der Waals surface area contributed by atoms with Gasteiger partial charge in [-0.25, -0.2) is 4.39 Å². The largest absolute Gasteiger partial charge is 0.352 e. The molecule has 2 atom stereocenters. The van der Waals surface area contributed by atoms with E-state index in [1.165, 1.54) is 29.1 Å². The highest BCUT2D eigenvalue weighted by Crippen LogP contribution is 2.29. The first kappa shape index (κ1) is 28.9. The molecule has 2 fully saturated rings. The van der Waals surface area contributed by atoms with Crippen molar-refractivity contribution in [2.45, 2.75) is 75.8 Å². The maximum absolute atomic E-state index is 13.8. The predicted octanol–water partition coefficient (Wildman–Crippen LogP) is 4.82. The Bertz CT molecular complexity index is 1350. The topological polar surface area (TPSA) is 102 Å². The Balaban J connectivity index is 1.38. The summed E-state index contributed by atoms with van der Waals surface area (Å²) in [6.45, 7) is 1.81. The lowest BCUT2D eigenvalue weighted by molar-refractivity contribution is -0.128. The Labute approximate surface area is 244 Å². The Morgan fingerprint density at radius 3 is 2.41 bits per heavy atom. The van der Waals surface area contributed by atoms with Crippen molar-refractivity contribution in [2.24, 2.45) is 5.73 Å². The van der Waals surface area contributed by atoms with Crippen LogP contribution < -0.4 is 11.1 Å². The fourth-order valence-electron chi connectivity index (χ4n) is 5.93. The van der Waals surface area contributed by atoms with Crippen LogP contribution in [0.3, 0.4) is 0 Å². The highest BCUT2D eigenvalue weighted by atomic mass is 32.1. The summed E-state index contributed by atoms with van der Waals surface area (Å²) in [4.78, 5) is 32.7. The molecule has 1 aliphatic heterocycles. The molecule has 7 nitrogen and oxygen atoms in total. The molecule has 41 heavy (non-hydrogen) atoms. The van der Waals surface area contributed by atoms with Gasteiger partial charge >= 0.3 is 0 Å². The molecule has 3 N–H and O–H groups in total. The summed E-state index contributed by atoms with van der Waals surface area (Å²) in [6.07, 6.45) is 4.60. The number of amides is 2. The molecule has 9 heteroatoms. The Morgan fingerprint density at radius 1 is 1.02 bits per heavy atom. The number of hydrogen-bond acceptors (Lipinski definition) is 6. The number of carbonyl (C=O) groups excluding carboxylic acids is 2. The summed E-state index contributed by atoms with van der Waals surface area (Å²) in [6, 6.07) is 19.1. The van der Waals surface area contributed by atoms with Gasteiger partial charge in [0, 0.05) is 48.2 Å². The highest BCUT2D eigenvalue weighted by molar-refractivity contribution is 7.09. The van der Waals surface area contributed by atoms with E-state index in [1.54, 1.807) is 16.2 Å². The summed E-state index contributed by atoms with van der Waals surface area (Å²) in [7, 11) is 0. The predicted molar refractivity (Wildman–Crippen MR) is 157 cm³/mol. The number of nitrogens with one attached hydrogen (secondary N) is 1. The van der Waals surface area contributed by atoms with Crippen LogP contribution in [0.15, 0.2) is 66.0 Å². The number of nitrogens with zero attached hydrogens (tertiary/aromatic N) is 3. The number of hydrogen-bond donors (Lipinski definition) is 2. The van der Waals surface area contributed by atoms with E-state index >= 15 is 0 Å². The smallest absolute Gasteiger partial charge is 0.254 e. The number of halogens is 1. The molecule has 2 aromatic carbocycles. The van der Waals surface area contributed by atoms with Gasteiger partial charge in [-0.15, -0.1) is 11.3 Å². The molecule has 1 aromatic heterocycles. The van der Waals surface area contributed by atoms with Gasteiger partial charge in [0.15, 0.2) is 0 Å². The van der Waals surface area contributed by atoms with Crippen LogP contribution in [0.1, 0.15) is 64.9 Å². The molecular formula is C32H36FN5O2S. The van der Waals surface area contributed by atoms with E-state index in [0.29, 0.717) is 37.1 Å². The zero-order valence-corrected chi connectivity index (χ0v) is 23.9. The van der Waals surface area contributed by atoms with Crippen molar-refractivity contribution < 1.29 is 14.0 Å². The minimum Gasteiger partial charge on any atom is -0.352 e. The first-order valence-electron chi connectivity index (χ1n) is 14.3. The molecular weight excluding hydrogens is 537 g/mol. The van der Waals surface area contributed by atoms with Gasteiger partial charge in [-0.2, -0.15) is 5.26 Å². The standard InChI is InChI=1S/C32H36FN5O2S/c33-25-9-7-24(8-10-25)32(40)38-16-15-28(18-30(38)31(39)36-27-13-11-26(35)12-14-27)37(21-29-2-1-17-41-29)20-23-5-3-22(19-34)4-6-23/h1-10,17,26-28,30H,11-16,18,20-21,35H2,(H,36,39)/t26?,27?,28?,30-/m1/s1. The molecule has 1 saturated carbocycles. The molecule has 2 aliphatic rings. The summed E-state index contributed by atoms with van der Waals surface area (Å²) in [5.74, 6) is -0.802. The zero-order valence-electron chi connectivity index (χ0n) is 23.0. The lowest BCUT2D eigenvalue weighted by atomic mass is 9.90. The molecule has 0 bridgehead atoms. The molecule has 2 heterocycles. The summed E-state index contributed by atoms with van der Waals surface area (Å²) >= 11 is 1.70. The number of thiophene rings is 1. The number of nitrogens with two attached hydrogens (primary N) is 1.